The Morgan fingerprint density at radius 3 is 2.44 bits per heavy atom. The standard InChI is InChI=1S/C15H22S/c1-13-7-9-15(10-8-13)16-12-11-14-5-3-2-4-6-14/h7-10,14H,2-6,11-12H2,1H3. The second kappa shape index (κ2) is 6.34. The van der Waals surface area contributed by atoms with E-state index >= 15 is 0 Å². The Labute approximate surface area is 104 Å². The van der Waals surface area contributed by atoms with E-state index < -0.39 is 0 Å². The van der Waals surface area contributed by atoms with E-state index in [9.17, 15) is 0 Å². The van der Waals surface area contributed by atoms with Crippen molar-refractivity contribution in [3.63, 3.8) is 0 Å². The van der Waals surface area contributed by atoms with Crippen LogP contribution in [0.5, 0.6) is 0 Å². The number of rotatable bonds is 4. The molecule has 0 aromatic heterocycles. The molecule has 1 aromatic rings. The maximum atomic E-state index is 2.25. The minimum Gasteiger partial charge on any atom is -0.126 e. The minimum atomic E-state index is 1.02. The predicted octanol–water partition coefficient (Wildman–Crippen LogP) is 5.06. The number of benzene rings is 1. The Bertz CT molecular complexity index is 296. The molecule has 0 radical (unpaired) electrons. The zero-order chi connectivity index (χ0) is 11.2. The number of hydrogen-bond acceptors (Lipinski definition) is 1. The molecule has 0 atom stereocenters. The van der Waals surface area contributed by atoms with Gasteiger partial charge in [-0.05, 0) is 37.1 Å². The molecule has 0 bridgehead atoms. The van der Waals surface area contributed by atoms with Gasteiger partial charge in [0.2, 0.25) is 0 Å². The fraction of sp³-hybridized carbons (Fsp3) is 0.600. The van der Waals surface area contributed by atoms with Crippen molar-refractivity contribution in [2.75, 3.05) is 5.75 Å². The largest absolute Gasteiger partial charge is 0.126 e. The van der Waals surface area contributed by atoms with Crippen molar-refractivity contribution in [2.45, 2.75) is 50.3 Å². The molecule has 1 fully saturated rings. The summed E-state index contributed by atoms with van der Waals surface area (Å²) in [4.78, 5) is 1.43. The van der Waals surface area contributed by atoms with E-state index in [2.05, 4.69) is 31.2 Å². The van der Waals surface area contributed by atoms with Gasteiger partial charge in [0.25, 0.3) is 0 Å². The van der Waals surface area contributed by atoms with Gasteiger partial charge in [0.15, 0.2) is 0 Å². The van der Waals surface area contributed by atoms with Crippen LogP contribution in [0.2, 0.25) is 0 Å². The number of aryl methyl sites for hydroxylation is 1. The van der Waals surface area contributed by atoms with Crippen molar-refractivity contribution >= 4 is 11.8 Å². The highest BCUT2D eigenvalue weighted by atomic mass is 32.2. The van der Waals surface area contributed by atoms with Crippen LogP contribution >= 0.6 is 11.8 Å². The lowest BCUT2D eigenvalue weighted by Crippen LogP contribution is -2.06. The summed E-state index contributed by atoms with van der Waals surface area (Å²) in [6, 6.07) is 8.92. The minimum absolute atomic E-state index is 1.02. The summed E-state index contributed by atoms with van der Waals surface area (Å²) in [5, 5.41) is 0. The third kappa shape index (κ3) is 3.86. The lowest BCUT2D eigenvalue weighted by atomic mass is 9.88. The molecule has 0 saturated heterocycles. The summed E-state index contributed by atoms with van der Waals surface area (Å²) in [5.41, 5.74) is 1.36. The average Bonchev–Trinajstić information content (AvgIpc) is 2.33. The van der Waals surface area contributed by atoms with Crippen LogP contribution in [0.3, 0.4) is 0 Å². The normalized spacial score (nSPS) is 17.6. The van der Waals surface area contributed by atoms with Crippen molar-refractivity contribution < 1.29 is 0 Å². The van der Waals surface area contributed by atoms with Gasteiger partial charge < -0.3 is 0 Å². The molecule has 2 rings (SSSR count). The fourth-order valence-corrected chi connectivity index (χ4v) is 3.47. The third-order valence-corrected chi connectivity index (χ3v) is 4.59. The second-order valence-electron chi connectivity index (χ2n) is 4.95. The quantitative estimate of drug-likeness (QED) is 0.656. The van der Waals surface area contributed by atoms with Crippen molar-refractivity contribution in [3.8, 4) is 0 Å². The van der Waals surface area contributed by atoms with Crippen LogP contribution < -0.4 is 0 Å². The van der Waals surface area contributed by atoms with Crippen molar-refractivity contribution in [2.24, 2.45) is 5.92 Å². The highest BCUT2D eigenvalue weighted by molar-refractivity contribution is 7.99. The van der Waals surface area contributed by atoms with Gasteiger partial charge in [-0.2, -0.15) is 0 Å². The van der Waals surface area contributed by atoms with E-state index in [-0.39, 0.29) is 0 Å². The first kappa shape index (κ1) is 12.0. The van der Waals surface area contributed by atoms with Crippen LogP contribution in [-0.2, 0) is 0 Å². The molecule has 1 aromatic carbocycles. The van der Waals surface area contributed by atoms with E-state index in [0.717, 1.165) is 5.92 Å². The van der Waals surface area contributed by atoms with Crippen molar-refractivity contribution in [1.29, 1.82) is 0 Å². The Morgan fingerprint density at radius 1 is 1.06 bits per heavy atom. The van der Waals surface area contributed by atoms with Gasteiger partial charge in [-0.25, -0.2) is 0 Å². The second-order valence-corrected chi connectivity index (χ2v) is 6.12. The highest BCUT2D eigenvalue weighted by Gasteiger charge is 2.12. The number of hydrogen-bond donors (Lipinski definition) is 0. The van der Waals surface area contributed by atoms with Crippen LogP contribution in [0.25, 0.3) is 0 Å². The molecule has 0 aliphatic heterocycles. The van der Waals surface area contributed by atoms with Gasteiger partial charge in [0, 0.05) is 4.90 Å². The Hall–Kier alpha value is -0.430. The molecule has 0 heterocycles. The first-order valence-electron chi connectivity index (χ1n) is 6.54. The lowest BCUT2D eigenvalue weighted by molar-refractivity contribution is 0.351. The van der Waals surface area contributed by atoms with E-state index in [1.54, 1.807) is 0 Å². The van der Waals surface area contributed by atoms with E-state index in [1.807, 2.05) is 11.8 Å². The van der Waals surface area contributed by atoms with E-state index in [1.165, 1.54) is 54.7 Å². The van der Waals surface area contributed by atoms with E-state index in [0.29, 0.717) is 0 Å². The smallest absolute Gasteiger partial charge is 0.00721 e. The molecule has 1 saturated carbocycles. The summed E-state index contributed by atoms with van der Waals surface area (Å²) in [6.45, 7) is 2.15. The van der Waals surface area contributed by atoms with Gasteiger partial charge in [0.1, 0.15) is 0 Å². The fourth-order valence-electron chi connectivity index (χ4n) is 2.45. The van der Waals surface area contributed by atoms with Crippen molar-refractivity contribution in [3.05, 3.63) is 29.8 Å². The molecule has 0 N–H and O–H groups in total. The van der Waals surface area contributed by atoms with Crippen molar-refractivity contribution in [1.82, 2.24) is 0 Å². The molecule has 1 heteroatoms. The molecule has 16 heavy (non-hydrogen) atoms. The van der Waals surface area contributed by atoms with Crippen LogP contribution in [0.4, 0.5) is 0 Å². The summed E-state index contributed by atoms with van der Waals surface area (Å²) >= 11 is 2.02. The maximum Gasteiger partial charge on any atom is 0.00721 e. The topological polar surface area (TPSA) is 0 Å². The third-order valence-electron chi connectivity index (χ3n) is 3.54. The van der Waals surface area contributed by atoms with Crippen LogP contribution in [0, 0.1) is 12.8 Å². The molecule has 0 unspecified atom stereocenters. The highest BCUT2D eigenvalue weighted by Crippen LogP contribution is 2.29. The van der Waals surface area contributed by atoms with E-state index in [4.69, 9.17) is 0 Å². The van der Waals surface area contributed by atoms with Gasteiger partial charge in [-0.15, -0.1) is 11.8 Å². The molecular weight excluding hydrogens is 212 g/mol. The molecular formula is C15H22S. The van der Waals surface area contributed by atoms with Crippen LogP contribution in [0.1, 0.15) is 44.1 Å². The molecule has 0 spiro atoms. The zero-order valence-electron chi connectivity index (χ0n) is 10.2. The monoisotopic (exact) mass is 234 g/mol. The molecule has 88 valence electrons. The summed E-state index contributed by atoms with van der Waals surface area (Å²) in [5.74, 6) is 2.32. The summed E-state index contributed by atoms with van der Waals surface area (Å²) in [7, 11) is 0. The lowest BCUT2D eigenvalue weighted by Gasteiger charge is -2.21. The number of thioether (sulfide) groups is 1. The van der Waals surface area contributed by atoms with Gasteiger partial charge in [-0.1, -0.05) is 49.8 Å². The Balaban J connectivity index is 1.69. The molecule has 0 amide bonds. The van der Waals surface area contributed by atoms with Gasteiger partial charge >= 0.3 is 0 Å². The predicted molar refractivity (Wildman–Crippen MR) is 73.1 cm³/mol. The zero-order valence-corrected chi connectivity index (χ0v) is 11.1. The molecule has 1 aliphatic carbocycles. The molecule has 0 nitrogen and oxygen atoms in total. The van der Waals surface area contributed by atoms with Gasteiger partial charge in [0.05, 0.1) is 0 Å². The van der Waals surface area contributed by atoms with Crippen LogP contribution in [0.15, 0.2) is 29.2 Å². The first-order valence-corrected chi connectivity index (χ1v) is 7.52. The van der Waals surface area contributed by atoms with Crippen LogP contribution in [-0.4, -0.2) is 5.75 Å². The Kier molecular flexibility index (Phi) is 4.77. The summed E-state index contributed by atoms with van der Waals surface area (Å²) < 4.78 is 0. The molecule has 1 aliphatic rings. The maximum absolute atomic E-state index is 2.25. The first-order chi connectivity index (χ1) is 7.84. The van der Waals surface area contributed by atoms with Gasteiger partial charge in [-0.3, -0.25) is 0 Å². The average molecular weight is 234 g/mol. The SMILES string of the molecule is Cc1ccc(SCCC2CCCCC2)cc1. The summed E-state index contributed by atoms with van der Waals surface area (Å²) in [6.07, 6.45) is 8.79. The Morgan fingerprint density at radius 2 is 1.75 bits per heavy atom.